The normalized spacial score (nSPS) is 38.1. The average molecular weight is 277 g/mol. The lowest BCUT2D eigenvalue weighted by Gasteiger charge is -2.44. The number of carbonyl (C=O) groups is 1. The van der Waals surface area contributed by atoms with Crippen LogP contribution in [-0.2, 0) is 4.79 Å². The molecule has 3 nitrogen and oxygen atoms in total. The van der Waals surface area contributed by atoms with Crippen LogP contribution in [-0.4, -0.2) is 11.1 Å². The molecular weight excluding hydrogens is 250 g/mol. The van der Waals surface area contributed by atoms with E-state index in [0.29, 0.717) is 5.92 Å². The van der Waals surface area contributed by atoms with Crippen molar-refractivity contribution in [3.05, 3.63) is 0 Å². The molecule has 0 saturated heterocycles. The molecule has 0 bridgehead atoms. The van der Waals surface area contributed by atoms with Crippen molar-refractivity contribution < 1.29 is 9.90 Å². The first-order chi connectivity index (χ1) is 9.62. The lowest BCUT2D eigenvalue weighted by Crippen LogP contribution is -2.43. The molecule has 0 aromatic carbocycles. The highest BCUT2D eigenvalue weighted by molar-refractivity contribution is 5.75. The first kappa shape index (κ1) is 15.4. The molecule has 2 fully saturated rings. The summed E-state index contributed by atoms with van der Waals surface area (Å²) in [5, 5.41) is 18.8. The van der Waals surface area contributed by atoms with E-state index < -0.39 is 11.4 Å². The van der Waals surface area contributed by atoms with Crippen LogP contribution in [0.25, 0.3) is 0 Å². The summed E-state index contributed by atoms with van der Waals surface area (Å²) in [5.41, 5.74) is -0.481. The predicted molar refractivity (Wildman–Crippen MR) is 78.0 cm³/mol. The van der Waals surface area contributed by atoms with Crippen molar-refractivity contribution in [3.63, 3.8) is 0 Å². The third-order valence-electron chi connectivity index (χ3n) is 5.81. The third-order valence-corrected chi connectivity index (χ3v) is 5.81. The fourth-order valence-electron chi connectivity index (χ4n) is 4.46. The number of aliphatic carboxylic acids is 1. The molecule has 0 radical (unpaired) electrons. The maximum Gasteiger partial charge on any atom is 0.309 e. The summed E-state index contributed by atoms with van der Waals surface area (Å²) in [4.78, 5) is 11.9. The van der Waals surface area contributed by atoms with Crippen LogP contribution in [0.5, 0.6) is 0 Å². The zero-order valence-corrected chi connectivity index (χ0v) is 12.6. The van der Waals surface area contributed by atoms with Crippen molar-refractivity contribution in [2.75, 3.05) is 0 Å². The Bertz CT molecular complexity index is 369. The van der Waals surface area contributed by atoms with Gasteiger partial charge in [0.2, 0.25) is 0 Å². The maximum absolute atomic E-state index is 11.9. The molecule has 0 atom stereocenters. The van der Waals surface area contributed by atoms with Gasteiger partial charge in [0.15, 0.2) is 0 Å². The SMILES string of the molecule is CCCC1CCC(C(=O)O)(C2CCC(C#N)CC2)CC1. The van der Waals surface area contributed by atoms with E-state index in [1.165, 1.54) is 12.8 Å². The molecule has 2 aliphatic carbocycles. The van der Waals surface area contributed by atoms with E-state index in [4.69, 9.17) is 5.26 Å². The lowest BCUT2D eigenvalue weighted by atomic mass is 9.59. The highest BCUT2D eigenvalue weighted by Gasteiger charge is 2.48. The van der Waals surface area contributed by atoms with Crippen LogP contribution in [0.15, 0.2) is 0 Å². The molecule has 2 saturated carbocycles. The van der Waals surface area contributed by atoms with Crippen LogP contribution in [0.4, 0.5) is 0 Å². The Balaban J connectivity index is 2.01. The standard InChI is InChI=1S/C17H27NO2/c1-2-3-13-8-10-17(11-9-13,16(19)20)15-6-4-14(12-18)5-7-15/h13-15H,2-11H2,1H3,(H,19,20). The number of carboxylic acids is 1. The van der Waals surface area contributed by atoms with Crippen LogP contribution in [0, 0.1) is 34.5 Å². The second-order valence-electron chi connectivity index (χ2n) is 6.87. The third kappa shape index (κ3) is 3.00. The molecular formula is C17H27NO2. The topological polar surface area (TPSA) is 61.1 Å². The lowest BCUT2D eigenvalue weighted by molar-refractivity contribution is -0.157. The summed E-state index contributed by atoms with van der Waals surface area (Å²) in [6.45, 7) is 2.21. The van der Waals surface area contributed by atoms with Gasteiger partial charge in [-0.05, 0) is 63.2 Å². The number of nitriles is 1. The quantitative estimate of drug-likeness (QED) is 0.829. The van der Waals surface area contributed by atoms with Gasteiger partial charge in [0.25, 0.3) is 0 Å². The van der Waals surface area contributed by atoms with Crippen LogP contribution in [0.1, 0.15) is 71.1 Å². The summed E-state index contributed by atoms with van der Waals surface area (Å²) in [5.74, 6) is 0.622. The number of rotatable bonds is 4. The molecule has 0 unspecified atom stereocenters. The van der Waals surface area contributed by atoms with E-state index in [1.807, 2.05) is 0 Å². The Kier molecular flexibility index (Phi) is 5.07. The van der Waals surface area contributed by atoms with E-state index in [0.717, 1.165) is 57.3 Å². The molecule has 2 aliphatic rings. The molecule has 0 aliphatic heterocycles. The smallest absolute Gasteiger partial charge is 0.309 e. The average Bonchev–Trinajstić information content (AvgIpc) is 2.48. The highest BCUT2D eigenvalue weighted by atomic mass is 16.4. The van der Waals surface area contributed by atoms with Gasteiger partial charge in [-0.2, -0.15) is 5.26 Å². The molecule has 0 spiro atoms. The zero-order chi connectivity index (χ0) is 14.6. The number of nitrogens with zero attached hydrogens (tertiary/aromatic N) is 1. The second kappa shape index (κ2) is 6.61. The van der Waals surface area contributed by atoms with Crippen molar-refractivity contribution in [1.82, 2.24) is 0 Å². The van der Waals surface area contributed by atoms with Crippen LogP contribution in [0.2, 0.25) is 0 Å². The van der Waals surface area contributed by atoms with E-state index in [-0.39, 0.29) is 5.92 Å². The van der Waals surface area contributed by atoms with E-state index in [2.05, 4.69) is 13.0 Å². The van der Waals surface area contributed by atoms with Gasteiger partial charge in [0.1, 0.15) is 0 Å². The Morgan fingerprint density at radius 3 is 2.25 bits per heavy atom. The van der Waals surface area contributed by atoms with E-state index in [1.54, 1.807) is 0 Å². The number of carboxylic acid groups (broad SMARTS) is 1. The molecule has 3 heteroatoms. The van der Waals surface area contributed by atoms with Crippen molar-refractivity contribution in [3.8, 4) is 6.07 Å². The monoisotopic (exact) mass is 277 g/mol. The molecule has 1 N–H and O–H groups in total. The number of hydrogen-bond acceptors (Lipinski definition) is 2. The van der Waals surface area contributed by atoms with Gasteiger partial charge in [-0.1, -0.05) is 19.8 Å². The summed E-state index contributed by atoms with van der Waals surface area (Å²) in [7, 11) is 0. The molecule has 20 heavy (non-hydrogen) atoms. The Morgan fingerprint density at radius 1 is 1.20 bits per heavy atom. The Hall–Kier alpha value is -1.04. The summed E-state index contributed by atoms with van der Waals surface area (Å²) < 4.78 is 0. The van der Waals surface area contributed by atoms with Crippen molar-refractivity contribution in [2.45, 2.75) is 71.1 Å². The minimum Gasteiger partial charge on any atom is -0.481 e. The first-order valence-electron chi connectivity index (χ1n) is 8.25. The molecule has 0 aromatic heterocycles. The van der Waals surface area contributed by atoms with Gasteiger partial charge in [-0.3, -0.25) is 4.79 Å². The molecule has 0 amide bonds. The van der Waals surface area contributed by atoms with E-state index >= 15 is 0 Å². The minimum atomic E-state index is -0.576. The van der Waals surface area contributed by atoms with Crippen molar-refractivity contribution in [2.24, 2.45) is 23.2 Å². The van der Waals surface area contributed by atoms with Gasteiger partial charge >= 0.3 is 5.97 Å². The maximum atomic E-state index is 11.9. The van der Waals surface area contributed by atoms with Gasteiger partial charge in [-0.15, -0.1) is 0 Å². The Morgan fingerprint density at radius 2 is 1.80 bits per heavy atom. The summed E-state index contributed by atoms with van der Waals surface area (Å²) in [6, 6.07) is 2.35. The van der Waals surface area contributed by atoms with Gasteiger partial charge in [-0.25, -0.2) is 0 Å². The fourth-order valence-corrected chi connectivity index (χ4v) is 4.46. The van der Waals surface area contributed by atoms with Crippen LogP contribution in [0.3, 0.4) is 0 Å². The molecule has 112 valence electrons. The number of hydrogen-bond donors (Lipinski definition) is 1. The molecule has 0 aromatic rings. The van der Waals surface area contributed by atoms with Crippen molar-refractivity contribution >= 4 is 5.97 Å². The minimum absolute atomic E-state index is 0.161. The summed E-state index contributed by atoms with van der Waals surface area (Å²) in [6.07, 6.45) is 9.99. The highest BCUT2D eigenvalue weighted by Crippen LogP contribution is 2.51. The van der Waals surface area contributed by atoms with Gasteiger partial charge in [0.05, 0.1) is 11.5 Å². The zero-order valence-electron chi connectivity index (χ0n) is 12.6. The largest absolute Gasteiger partial charge is 0.481 e. The first-order valence-corrected chi connectivity index (χ1v) is 8.25. The van der Waals surface area contributed by atoms with Gasteiger partial charge < -0.3 is 5.11 Å². The predicted octanol–water partition coefficient (Wildman–Crippen LogP) is 4.38. The molecule has 2 rings (SSSR count). The Labute approximate surface area is 122 Å². The van der Waals surface area contributed by atoms with Crippen LogP contribution < -0.4 is 0 Å². The van der Waals surface area contributed by atoms with E-state index in [9.17, 15) is 9.90 Å². The molecule has 0 heterocycles. The fraction of sp³-hybridized carbons (Fsp3) is 0.882. The second-order valence-corrected chi connectivity index (χ2v) is 6.87. The van der Waals surface area contributed by atoms with Crippen LogP contribution >= 0.6 is 0 Å². The van der Waals surface area contributed by atoms with Gasteiger partial charge in [0, 0.05) is 5.92 Å². The summed E-state index contributed by atoms with van der Waals surface area (Å²) >= 11 is 0. The van der Waals surface area contributed by atoms with Crippen molar-refractivity contribution in [1.29, 1.82) is 5.26 Å².